The van der Waals surface area contributed by atoms with Crippen LogP contribution in [0.25, 0.3) is 0 Å². The van der Waals surface area contributed by atoms with Gasteiger partial charge in [-0.05, 0) is 19.4 Å². The first kappa shape index (κ1) is 14.1. The molecule has 17 heavy (non-hydrogen) atoms. The molecule has 0 saturated heterocycles. The molecule has 0 aliphatic carbocycles. The van der Waals surface area contributed by atoms with Gasteiger partial charge < -0.3 is 5.73 Å². The van der Waals surface area contributed by atoms with Gasteiger partial charge in [-0.2, -0.15) is 17.9 Å². The Labute approximate surface area is 103 Å². The molecule has 0 aliphatic heterocycles. The van der Waals surface area contributed by atoms with E-state index < -0.39 is 16.3 Å². The monoisotopic (exact) mass is 257 g/mol. The number of nitrogens with two attached hydrogens (primary N) is 1. The van der Waals surface area contributed by atoms with E-state index in [0.29, 0.717) is 0 Å². The van der Waals surface area contributed by atoms with Gasteiger partial charge >= 0.3 is 0 Å². The van der Waals surface area contributed by atoms with Crippen LogP contribution in [0.1, 0.15) is 25.5 Å². The maximum atomic E-state index is 11.7. The van der Waals surface area contributed by atoms with E-state index in [1.54, 1.807) is 13.8 Å². The van der Waals surface area contributed by atoms with Crippen LogP contribution in [0.3, 0.4) is 0 Å². The first-order chi connectivity index (χ1) is 7.94. The Morgan fingerprint density at radius 3 is 2.24 bits per heavy atom. The number of rotatable bonds is 6. The zero-order chi connectivity index (χ0) is 12.9. The highest BCUT2D eigenvalue weighted by atomic mass is 32.2. The fourth-order valence-electron chi connectivity index (χ4n) is 1.47. The Balaban J connectivity index is 2.78. The van der Waals surface area contributed by atoms with Crippen LogP contribution < -0.4 is 15.2 Å². The average molecular weight is 257 g/mol. The van der Waals surface area contributed by atoms with E-state index in [-0.39, 0.29) is 12.6 Å². The number of hydrogen-bond donors (Lipinski definition) is 3. The summed E-state index contributed by atoms with van der Waals surface area (Å²) in [5, 5.41) is 0. The first-order valence-electron chi connectivity index (χ1n) is 5.49. The van der Waals surface area contributed by atoms with Crippen molar-refractivity contribution in [1.29, 1.82) is 0 Å². The number of benzene rings is 1. The van der Waals surface area contributed by atoms with Gasteiger partial charge in [-0.25, -0.2) is 0 Å². The topological polar surface area (TPSA) is 84.2 Å². The van der Waals surface area contributed by atoms with Gasteiger partial charge in [0.25, 0.3) is 10.2 Å². The molecule has 4 N–H and O–H groups in total. The zero-order valence-corrected chi connectivity index (χ0v) is 10.9. The van der Waals surface area contributed by atoms with Crippen molar-refractivity contribution in [3.05, 3.63) is 35.9 Å². The smallest absolute Gasteiger partial charge is 0.277 e. The molecule has 6 heteroatoms. The van der Waals surface area contributed by atoms with Crippen LogP contribution in [0.5, 0.6) is 0 Å². The van der Waals surface area contributed by atoms with E-state index in [1.807, 2.05) is 30.3 Å². The molecule has 0 aromatic heterocycles. The summed E-state index contributed by atoms with van der Waals surface area (Å²) in [5.41, 5.74) is 6.44. The van der Waals surface area contributed by atoms with Crippen LogP contribution in [-0.2, 0) is 10.2 Å². The molecule has 0 heterocycles. The third-order valence-electron chi connectivity index (χ3n) is 2.13. The highest BCUT2D eigenvalue weighted by Crippen LogP contribution is 2.11. The van der Waals surface area contributed by atoms with Gasteiger partial charge in [0.05, 0.1) is 6.04 Å². The minimum absolute atomic E-state index is 0.151. The van der Waals surface area contributed by atoms with Gasteiger partial charge in [-0.3, -0.25) is 0 Å². The Bertz CT molecular complexity index is 431. The Morgan fingerprint density at radius 1 is 1.18 bits per heavy atom. The Morgan fingerprint density at radius 2 is 1.76 bits per heavy atom. The quantitative estimate of drug-likeness (QED) is 0.694. The molecular weight excluding hydrogens is 238 g/mol. The predicted octanol–water partition coefficient (Wildman–Crippen LogP) is 0.519. The largest absolute Gasteiger partial charge is 0.329 e. The van der Waals surface area contributed by atoms with Crippen molar-refractivity contribution in [3.63, 3.8) is 0 Å². The van der Waals surface area contributed by atoms with Gasteiger partial charge in [-0.1, -0.05) is 30.3 Å². The highest BCUT2D eigenvalue weighted by Gasteiger charge is 2.18. The second kappa shape index (κ2) is 6.11. The summed E-state index contributed by atoms with van der Waals surface area (Å²) in [6.07, 6.45) is 0. The molecule has 0 spiro atoms. The van der Waals surface area contributed by atoms with Crippen LogP contribution in [0.15, 0.2) is 30.3 Å². The lowest BCUT2D eigenvalue weighted by Crippen LogP contribution is -2.43. The lowest BCUT2D eigenvalue weighted by molar-refractivity contribution is 0.535. The second-order valence-corrected chi connectivity index (χ2v) is 5.57. The van der Waals surface area contributed by atoms with E-state index in [0.717, 1.165) is 5.56 Å². The minimum Gasteiger partial charge on any atom is -0.329 e. The summed E-state index contributed by atoms with van der Waals surface area (Å²) in [6, 6.07) is 8.70. The highest BCUT2D eigenvalue weighted by molar-refractivity contribution is 7.87. The molecular formula is C11H19N3O2S. The maximum absolute atomic E-state index is 11.7. The molecule has 0 amide bonds. The van der Waals surface area contributed by atoms with Crippen molar-refractivity contribution in [2.45, 2.75) is 25.9 Å². The SMILES string of the molecule is CC(C)NS(=O)(=O)NC(CN)c1ccccc1. The van der Waals surface area contributed by atoms with Crippen molar-refractivity contribution in [1.82, 2.24) is 9.44 Å². The summed E-state index contributed by atoms with van der Waals surface area (Å²) in [5.74, 6) is 0. The summed E-state index contributed by atoms with van der Waals surface area (Å²) >= 11 is 0. The van der Waals surface area contributed by atoms with Crippen molar-refractivity contribution in [2.75, 3.05) is 6.54 Å². The van der Waals surface area contributed by atoms with Crippen LogP contribution in [-0.4, -0.2) is 21.0 Å². The summed E-state index contributed by atoms with van der Waals surface area (Å²) < 4.78 is 28.4. The summed E-state index contributed by atoms with van der Waals surface area (Å²) in [6.45, 7) is 3.74. The lowest BCUT2D eigenvalue weighted by Gasteiger charge is -2.18. The molecule has 0 bridgehead atoms. The molecule has 96 valence electrons. The third kappa shape index (κ3) is 4.82. The third-order valence-corrected chi connectivity index (χ3v) is 3.50. The summed E-state index contributed by atoms with van der Waals surface area (Å²) in [7, 11) is -3.52. The fraction of sp³-hybridized carbons (Fsp3) is 0.455. The molecule has 0 fully saturated rings. The molecule has 0 radical (unpaired) electrons. The van der Waals surface area contributed by atoms with Gasteiger partial charge in [0.15, 0.2) is 0 Å². The van der Waals surface area contributed by atoms with E-state index in [4.69, 9.17) is 5.73 Å². The van der Waals surface area contributed by atoms with Crippen LogP contribution in [0, 0.1) is 0 Å². The lowest BCUT2D eigenvalue weighted by atomic mass is 10.1. The molecule has 1 aromatic carbocycles. The molecule has 1 rings (SSSR count). The average Bonchev–Trinajstić information content (AvgIpc) is 2.25. The van der Waals surface area contributed by atoms with Crippen molar-refractivity contribution in [2.24, 2.45) is 5.73 Å². The normalized spacial score (nSPS) is 13.9. The van der Waals surface area contributed by atoms with Gasteiger partial charge in [0.2, 0.25) is 0 Å². The van der Waals surface area contributed by atoms with Crippen molar-refractivity contribution < 1.29 is 8.42 Å². The van der Waals surface area contributed by atoms with E-state index in [2.05, 4.69) is 9.44 Å². The molecule has 5 nitrogen and oxygen atoms in total. The second-order valence-electron chi connectivity index (χ2n) is 4.09. The van der Waals surface area contributed by atoms with Crippen molar-refractivity contribution >= 4 is 10.2 Å². The summed E-state index contributed by atoms with van der Waals surface area (Å²) in [4.78, 5) is 0. The molecule has 1 atom stereocenters. The van der Waals surface area contributed by atoms with Crippen LogP contribution >= 0.6 is 0 Å². The molecule has 0 aliphatic rings. The van der Waals surface area contributed by atoms with Crippen molar-refractivity contribution in [3.8, 4) is 0 Å². The van der Waals surface area contributed by atoms with Gasteiger partial charge in [0, 0.05) is 12.6 Å². The van der Waals surface area contributed by atoms with Crippen LogP contribution in [0.4, 0.5) is 0 Å². The number of nitrogens with one attached hydrogen (secondary N) is 2. The standard InChI is InChI=1S/C11H19N3O2S/c1-9(2)13-17(15,16)14-11(8-12)10-6-4-3-5-7-10/h3-7,9,11,13-14H,8,12H2,1-2H3. The van der Waals surface area contributed by atoms with E-state index >= 15 is 0 Å². The first-order valence-corrected chi connectivity index (χ1v) is 6.97. The maximum Gasteiger partial charge on any atom is 0.277 e. The zero-order valence-electron chi connectivity index (χ0n) is 10.1. The molecule has 1 unspecified atom stereocenters. The van der Waals surface area contributed by atoms with Gasteiger partial charge in [0.1, 0.15) is 0 Å². The fourth-order valence-corrected chi connectivity index (χ4v) is 2.76. The molecule has 0 saturated carbocycles. The Kier molecular flexibility index (Phi) is 5.07. The van der Waals surface area contributed by atoms with Crippen LogP contribution in [0.2, 0.25) is 0 Å². The number of hydrogen-bond acceptors (Lipinski definition) is 3. The predicted molar refractivity (Wildman–Crippen MR) is 68.6 cm³/mol. The Hall–Kier alpha value is -0.950. The van der Waals surface area contributed by atoms with Gasteiger partial charge in [-0.15, -0.1) is 0 Å². The van der Waals surface area contributed by atoms with E-state index in [9.17, 15) is 8.42 Å². The minimum atomic E-state index is -3.52. The molecule has 1 aromatic rings. The van der Waals surface area contributed by atoms with E-state index in [1.165, 1.54) is 0 Å².